The second-order valence-electron chi connectivity index (χ2n) is 24.3. The molecule has 2 aromatic heterocycles. The van der Waals surface area contributed by atoms with E-state index in [1.54, 1.807) is 0 Å². The van der Waals surface area contributed by atoms with Crippen molar-refractivity contribution in [1.82, 2.24) is 9.55 Å². The van der Waals surface area contributed by atoms with Gasteiger partial charge in [0.1, 0.15) is 41.4 Å². The van der Waals surface area contributed by atoms with Gasteiger partial charge in [0.2, 0.25) is 0 Å². The molecule has 11 rings (SSSR count). The van der Waals surface area contributed by atoms with Crippen molar-refractivity contribution in [3.8, 4) is 50.7 Å². The first-order chi connectivity index (χ1) is 37.6. The first kappa shape index (κ1) is 52.9. The van der Waals surface area contributed by atoms with Gasteiger partial charge >= 0.3 is 0 Å². The van der Waals surface area contributed by atoms with E-state index in [0.29, 0.717) is 22.7 Å². The molecule has 0 saturated heterocycles. The van der Waals surface area contributed by atoms with Crippen molar-refractivity contribution in [3.63, 3.8) is 0 Å². The summed E-state index contributed by atoms with van der Waals surface area (Å²) in [6.07, 6.45) is 1.89. The van der Waals surface area contributed by atoms with Crippen molar-refractivity contribution >= 4 is 44.6 Å². The Bertz CT molecular complexity index is 3940. The van der Waals surface area contributed by atoms with Crippen LogP contribution in [0.1, 0.15) is 129 Å². The van der Waals surface area contributed by atoms with E-state index in [-0.39, 0.29) is 35.4 Å². The van der Waals surface area contributed by atoms with Crippen LogP contribution in [0.4, 0.5) is 35.9 Å². The standard InChI is InChI=1S/C71H69F3N4O/c1-42(2)45-29-46(43(3)4)31-47(30-45)59-34-50(71(10,11)12)35-60(68-61(73)37-51(72)38-62(68)74)69(59)77-41-76(64-23-17-18-24-65(64)77)52-32-48(56-20-14-13-19-55(56)44(5)6)33-54(39-52)79-53-25-26-58-57-21-15-16-22-63(57)78(66(58)40-53)67-36-49(27-28-75-67)70(7,8)9/h13-40,42-44H,41H2,1-12H3. The highest BCUT2D eigenvalue weighted by Crippen LogP contribution is 2.53. The van der Waals surface area contributed by atoms with Crippen LogP contribution in [0.3, 0.4) is 0 Å². The van der Waals surface area contributed by atoms with Gasteiger partial charge in [-0.05, 0) is 140 Å². The van der Waals surface area contributed by atoms with Crippen molar-refractivity contribution in [3.05, 3.63) is 215 Å². The molecule has 79 heavy (non-hydrogen) atoms. The third-order valence-corrected chi connectivity index (χ3v) is 15.7. The van der Waals surface area contributed by atoms with E-state index >= 15 is 8.78 Å². The Morgan fingerprint density at radius 1 is 0.494 bits per heavy atom. The molecule has 3 heterocycles. The maximum Gasteiger partial charge on any atom is 0.137 e. The lowest BCUT2D eigenvalue weighted by Gasteiger charge is -2.31. The summed E-state index contributed by atoms with van der Waals surface area (Å²) in [6, 6.07) is 54.5. The molecular formula is C71H69F3N4O. The molecule has 0 amide bonds. The lowest BCUT2D eigenvalue weighted by atomic mass is 9.81. The van der Waals surface area contributed by atoms with Crippen LogP contribution in [0.25, 0.3) is 61.0 Å². The van der Waals surface area contributed by atoms with Gasteiger partial charge in [-0.15, -0.1) is 0 Å². The maximum atomic E-state index is 16.7. The molecule has 0 bridgehead atoms. The second-order valence-corrected chi connectivity index (χ2v) is 24.3. The average Bonchev–Trinajstić information content (AvgIpc) is 4.09. The minimum Gasteiger partial charge on any atom is -0.457 e. The fourth-order valence-electron chi connectivity index (χ4n) is 11.3. The quantitative estimate of drug-likeness (QED) is 0.129. The highest BCUT2D eigenvalue weighted by molar-refractivity contribution is 6.09. The van der Waals surface area contributed by atoms with Gasteiger partial charge < -0.3 is 14.5 Å². The monoisotopic (exact) mass is 1050 g/mol. The van der Waals surface area contributed by atoms with Crippen LogP contribution in [0.5, 0.6) is 11.5 Å². The van der Waals surface area contributed by atoms with Gasteiger partial charge in [0.15, 0.2) is 0 Å². The van der Waals surface area contributed by atoms with E-state index in [1.165, 1.54) is 11.1 Å². The van der Waals surface area contributed by atoms with Gasteiger partial charge in [-0.2, -0.15) is 0 Å². The van der Waals surface area contributed by atoms with Crippen LogP contribution >= 0.6 is 0 Å². The summed E-state index contributed by atoms with van der Waals surface area (Å²) in [7, 11) is 0. The topological polar surface area (TPSA) is 33.5 Å². The number of fused-ring (bicyclic) bond motifs is 4. The summed E-state index contributed by atoms with van der Waals surface area (Å²) in [6.45, 7) is 26.4. The summed E-state index contributed by atoms with van der Waals surface area (Å²) in [5.41, 5.74) is 14.2. The van der Waals surface area contributed by atoms with E-state index in [4.69, 9.17) is 9.72 Å². The Morgan fingerprint density at radius 2 is 1.10 bits per heavy atom. The van der Waals surface area contributed by atoms with Crippen molar-refractivity contribution in [2.45, 2.75) is 112 Å². The number of hydrogen-bond acceptors (Lipinski definition) is 4. The molecule has 1 aliphatic rings. The highest BCUT2D eigenvalue weighted by atomic mass is 19.1. The van der Waals surface area contributed by atoms with Crippen molar-refractivity contribution < 1.29 is 17.9 Å². The molecule has 8 aromatic carbocycles. The largest absolute Gasteiger partial charge is 0.457 e. The Morgan fingerprint density at radius 3 is 1.77 bits per heavy atom. The molecule has 1 aliphatic heterocycles. The third-order valence-electron chi connectivity index (χ3n) is 15.7. The molecular weight excluding hydrogens is 982 g/mol. The van der Waals surface area contributed by atoms with Crippen molar-refractivity contribution in [1.29, 1.82) is 0 Å². The van der Waals surface area contributed by atoms with Crippen LogP contribution in [0.15, 0.2) is 170 Å². The summed E-state index contributed by atoms with van der Waals surface area (Å²) in [5, 5.41) is 2.21. The molecule has 0 spiro atoms. The van der Waals surface area contributed by atoms with Gasteiger partial charge in [-0.3, -0.25) is 4.57 Å². The normalized spacial score (nSPS) is 13.0. The van der Waals surface area contributed by atoms with E-state index in [9.17, 15) is 4.39 Å². The van der Waals surface area contributed by atoms with Gasteiger partial charge in [0.05, 0.1) is 33.7 Å². The van der Waals surface area contributed by atoms with Gasteiger partial charge in [0, 0.05) is 58.0 Å². The Labute approximate surface area is 464 Å². The third kappa shape index (κ3) is 9.96. The predicted molar refractivity (Wildman–Crippen MR) is 323 cm³/mol. The zero-order valence-electron chi connectivity index (χ0n) is 47.4. The van der Waals surface area contributed by atoms with E-state index in [0.717, 1.165) is 95.8 Å². The molecule has 5 nitrogen and oxygen atoms in total. The summed E-state index contributed by atoms with van der Waals surface area (Å²) < 4.78 is 57.7. The van der Waals surface area contributed by atoms with E-state index in [1.807, 2.05) is 30.5 Å². The first-order valence-corrected chi connectivity index (χ1v) is 27.7. The summed E-state index contributed by atoms with van der Waals surface area (Å²) >= 11 is 0. The van der Waals surface area contributed by atoms with E-state index < -0.39 is 22.9 Å². The smallest absolute Gasteiger partial charge is 0.137 e. The van der Waals surface area contributed by atoms with Gasteiger partial charge in [-0.1, -0.05) is 156 Å². The average molecular weight is 1050 g/mol. The van der Waals surface area contributed by atoms with Crippen LogP contribution in [0, 0.1) is 17.5 Å². The number of anilines is 4. The van der Waals surface area contributed by atoms with Crippen LogP contribution in [-0.4, -0.2) is 16.2 Å². The summed E-state index contributed by atoms with van der Waals surface area (Å²) in [4.78, 5) is 9.37. The Kier molecular flexibility index (Phi) is 13.6. The number of ether oxygens (including phenoxy) is 1. The fourth-order valence-corrected chi connectivity index (χ4v) is 11.3. The minimum absolute atomic E-state index is 0.0780. The Balaban J connectivity index is 1.12. The number of para-hydroxylation sites is 3. The number of pyridine rings is 1. The number of benzene rings is 8. The molecule has 0 atom stereocenters. The van der Waals surface area contributed by atoms with Crippen LogP contribution in [0.2, 0.25) is 0 Å². The van der Waals surface area contributed by atoms with Crippen LogP contribution in [-0.2, 0) is 10.8 Å². The first-order valence-electron chi connectivity index (χ1n) is 27.7. The lowest BCUT2D eigenvalue weighted by Crippen LogP contribution is -2.25. The fraction of sp³-hybridized carbons (Fsp3) is 0.254. The van der Waals surface area contributed by atoms with Gasteiger partial charge in [0.25, 0.3) is 0 Å². The SMILES string of the molecule is CC(C)c1cc(-c2cc(C(C)(C)C)cc(-c3c(F)cc(F)cc3F)c2N2CN(c3cc(Oc4ccc5c6ccccc6n(-c6cc(C(C)(C)C)ccn6)c5c4)cc(-c4ccccc4C(C)C)c3)c3ccccc32)cc(C(C)C)c1. The molecule has 0 radical (unpaired) electrons. The predicted octanol–water partition coefficient (Wildman–Crippen LogP) is 20.6. The molecule has 10 aromatic rings. The molecule has 0 N–H and O–H groups in total. The van der Waals surface area contributed by atoms with Crippen molar-refractivity contribution in [2.24, 2.45) is 0 Å². The minimum atomic E-state index is -0.974. The molecule has 0 aliphatic carbocycles. The van der Waals surface area contributed by atoms with Gasteiger partial charge in [-0.25, -0.2) is 18.2 Å². The number of hydrogen-bond donors (Lipinski definition) is 0. The molecule has 0 fully saturated rings. The van der Waals surface area contributed by atoms with E-state index in [2.05, 4.69) is 225 Å². The maximum absolute atomic E-state index is 16.7. The Hall–Kier alpha value is -8.10. The number of rotatable bonds is 11. The highest BCUT2D eigenvalue weighted by Gasteiger charge is 2.35. The zero-order valence-corrected chi connectivity index (χ0v) is 47.4. The number of aromatic nitrogens is 2. The van der Waals surface area contributed by atoms with Crippen LogP contribution < -0.4 is 14.5 Å². The second kappa shape index (κ2) is 20.3. The molecule has 400 valence electrons. The lowest BCUT2D eigenvalue weighted by molar-refractivity contribution is 0.483. The summed E-state index contributed by atoms with van der Waals surface area (Å²) in [5.74, 6) is -0.134. The number of halogens is 3. The zero-order chi connectivity index (χ0) is 55.8. The number of nitrogens with zero attached hydrogens (tertiary/aromatic N) is 4. The van der Waals surface area contributed by atoms with Crippen molar-refractivity contribution in [2.75, 3.05) is 16.5 Å². The molecule has 0 saturated carbocycles. The molecule has 8 heteroatoms. The molecule has 0 unspecified atom stereocenters.